The summed E-state index contributed by atoms with van der Waals surface area (Å²) in [5, 5.41) is 3.19. The molecule has 2 unspecified atom stereocenters. The fourth-order valence-corrected chi connectivity index (χ4v) is 3.03. The number of nitrogens with zero attached hydrogens (tertiary/aromatic N) is 2. The first-order chi connectivity index (χ1) is 9.63. The van der Waals surface area contributed by atoms with E-state index in [0.29, 0.717) is 17.7 Å². The van der Waals surface area contributed by atoms with Crippen LogP contribution in [0.2, 0.25) is 0 Å². The molecule has 1 aliphatic rings. The highest BCUT2D eigenvalue weighted by Crippen LogP contribution is 2.28. The summed E-state index contributed by atoms with van der Waals surface area (Å²) < 4.78 is 0. The van der Waals surface area contributed by atoms with Gasteiger partial charge in [-0.1, -0.05) is 19.8 Å². The van der Waals surface area contributed by atoms with E-state index in [-0.39, 0.29) is 5.91 Å². The van der Waals surface area contributed by atoms with Crippen LogP contribution in [0.15, 0.2) is 18.3 Å². The number of carbonyl (C=O) groups is 1. The second-order valence-corrected chi connectivity index (χ2v) is 5.71. The van der Waals surface area contributed by atoms with Gasteiger partial charge in [-0.05, 0) is 37.8 Å². The van der Waals surface area contributed by atoms with Crippen molar-refractivity contribution >= 4 is 11.6 Å². The van der Waals surface area contributed by atoms with Crippen molar-refractivity contribution in [3.63, 3.8) is 0 Å². The lowest BCUT2D eigenvalue weighted by Crippen LogP contribution is -2.42. The molecule has 1 amide bonds. The second kappa shape index (κ2) is 6.73. The Kier molecular flexibility index (Phi) is 4.99. The molecule has 1 aliphatic carbocycles. The topological polar surface area (TPSA) is 45.2 Å². The third-order valence-electron chi connectivity index (χ3n) is 4.25. The highest BCUT2D eigenvalue weighted by molar-refractivity contribution is 5.92. The lowest BCUT2D eigenvalue weighted by Gasteiger charge is -2.36. The summed E-state index contributed by atoms with van der Waals surface area (Å²) in [6.07, 6.45) is 6.57. The average Bonchev–Trinajstić information content (AvgIpc) is 2.47. The maximum absolute atomic E-state index is 12.5. The minimum Gasteiger partial charge on any atom is -0.384 e. The number of aromatic nitrogens is 1. The molecule has 0 aliphatic heterocycles. The zero-order valence-corrected chi connectivity index (χ0v) is 12.7. The van der Waals surface area contributed by atoms with Gasteiger partial charge in [0, 0.05) is 19.6 Å². The zero-order valence-electron chi connectivity index (χ0n) is 12.7. The molecule has 20 heavy (non-hydrogen) atoms. The van der Waals surface area contributed by atoms with Crippen LogP contribution in [-0.4, -0.2) is 35.4 Å². The lowest BCUT2D eigenvalue weighted by molar-refractivity contribution is 0.0623. The minimum atomic E-state index is 0.0341. The van der Waals surface area contributed by atoms with Gasteiger partial charge in [-0.25, -0.2) is 4.98 Å². The van der Waals surface area contributed by atoms with Crippen LogP contribution in [0.3, 0.4) is 0 Å². The quantitative estimate of drug-likeness (QED) is 0.918. The molecular weight excluding hydrogens is 250 g/mol. The number of anilines is 1. The molecule has 0 aromatic carbocycles. The van der Waals surface area contributed by atoms with Crippen molar-refractivity contribution in [2.75, 3.05) is 18.9 Å². The van der Waals surface area contributed by atoms with Gasteiger partial charge in [0.2, 0.25) is 0 Å². The molecule has 0 radical (unpaired) electrons. The van der Waals surface area contributed by atoms with E-state index in [1.807, 2.05) is 31.0 Å². The predicted octanol–water partition coefficient (Wildman–Crippen LogP) is 3.16. The number of hydrogen-bond acceptors (Lipinski definition) is 3. The first kappa shape index (κ1) is 14.8. The Morgan fingerprint density at radius 3 is 2.75 bits per heavy atom. The summed E-state index contributed by atoms with van der Waals surface area (Å²) in [5.74, 6) is 0.616. The number of carbonyl (C=O) groups excluding carboxylic acids is 1. The molecule has 0 bridgehead atoms. The Labute approximate surface area is 121 Å². The molecule has 4 nitrogen and oxygen atoms in total. The molecular formula is C16H25N3O. The van der Waals surface area contributed by atoms with Crippen molar-refractivity contribution in [3.8, 4) is 0 Å². The van der Waals surface area contributed by atoms with E-state index in [1.165, 1.54) is 19.3 Å². The highest BCUT2D eigenvalue weighted by atomic mass is 16.2. The Bertz CT molecular complexity index is 444. The number of amides is 1. The van der Waals surface area contributed by atoms with Gasteiger partial charge in [-0.3, -0.25) is 4.79 Å². The lowest BCUT2D eigenvalue weighted by atomic mass is 9.85. The van der Waals surface area contributed by atoms with Crippen LogP contribution < -0.4 is 5.32 Å². The number of hydrogen-bond donors (Lipinski definition) is 1. The number of pyridine rings is 1. The minimum absolute atomic E-state index is 0.0341. The third kappa shape index (κ3) is 3.30. The SMILES string of the molecule is CCNc1ccc(C(=O)N(C)C2CCCCC2C)nc1. The van der Waals surface area contributed by atoms with Crippen LogP contribution in [0.25, 0.3) is 0 Å². The molecule has 0 spiro atoms. The van der Waals surface area contributed by atoms with Gasteiger partial charge in [-0.2, -0.15) is 0 Å². The van der Waals surface area contributed by atoms with Crippen LogP contribution in [0.4, 0.5) is 5.69 Å². The smallest absolute Gasteiger partial charge is 0.272 e. The number of rotatable bonds is 4. The van der Waals surface area contributed by atoms with Crippen LogP contribution in [-0.2, 0) is 0 Å². The normalized spacial score (nSPS) is 22.4. The molecule has 1 aromatic heterocycles. The maximum Gasteiger partial charge on any atom is 0.272 e. The molecule has 0 saturated heterocycles. The molecule has 2 atom stereocenters. The van der Waals surface area contributed by atoms with Crippen molar-refractivity contribution < 1.29 is 4.79 Å². The van der Waals surface area contributed by atoms with E-state index < -0.39 is 0 Å². The van der Waals surface area contributed by atoms with Gasteiger partial charge in [0.05, 0.1) is 11.9 Å². The highest BCUT2D eigenvalue weighted by Gasteiger charge is 2.28. The van der Waals surface area contributed by atoms with E-state index in [0.717, 1.165) is 18.7 Å². The Balaban J connectivity index is 2.05. The molecule has 2 rings (SSSR count). The van der Waals surface area contributed by atoms with Crippen LogP contribution in [0, 0.1) is 5.92 Å². The average molecular weight is 275 g/mol. The van der Waals surface area contributed by atoms with Crippen molar-refractivity contribution in [1.82, 2.24) is 9.88 Å². The predicted molar refractivity (Wildman–Crippen MR) is 81.9 cm³/mol. The summed E-state index contributed by atoms with van der Waals surface area (Å²) in [6, 6.07) is 4.08. The van der Waals surface area contributed by atoms with E-state index >= 15 is 0 Å². The van der Waals surface area contributed by atoms with Gasteiger partial charge < -0.3 is 10.2 Å². The largest absolute Gasteiger partial charge is 0.384 e. The molecule has 4 heteroatoms. The fourth-order valence-electron chi connectivity index (χ4n) is 3.03. The standard InChI is InChI=1S/C16H25N3O/c1-4-17-13-9-10-14(18-11-13)16(20)19(3)15-8-6-5-7-12(15)2/h9-12,15,17H,4-8H2,1-3H3. The van der Waals surface area contributed by atoms with E-state index in [4.69, 9.17) is 0 Å². The van der Waals surface area contributed by atoms with Crippen molar-refractivity contribution in [3.05, 3.63) is 24.0 Å². The third-order valence-corrected chi connectivity index (χ3v) is 4.25. The van der Waals surface area contributed by atoms with Crippen molar-refractivity contribution in [2.24, 2.45) is 5.92 Å². The van der Waals surface area contributed by atoms with E-state index in [2.05, 4.69) is 17.2 Å². The Hall–Kier alpha value is -1.58. The molecule has 1 N–H and O–H groups in total. The summed E-state index contributed by atoms with van der Waals surface area (Å²) in [5.41, 5.74) is 1.49. The number of nitrogens with one attached hydrogen (secondary N) is 1. The van der Waals surface area contributed by atoms with Gasteiger partial charge in [0.1, 0.15) is 5.69 Å². The Morgan fingerprint density at radius 1 is 1.40 bits per heavy atom. The monoisotopic (exact) mass is 275 g/mol. The summed E-state index contributed by atoms with van der Waals surface area (Å²) in [6.45, 7) is 5.14. The Morgan fingerprint density at radius 2 is 2.15 bits per heavy atom. The molecule has 110 valence electrons. The van der Waals surface area contributed by atoms with Crippen LogP contribution in [0.5, 0.6) is 0 Å². The summed E-state index contributed by atoms with van der Waals surface area (Å²) in [7, 11) is 1.91. The molecule has 1 aromatic rings. The van der Waals surface area contributed by atoms with Crippen LogP contribution >= 0.6 is 0 Å². The molecule has 1 fully saturated rings. The maximum atomic E-state index is 12.5. The fraction of sp³-hybridized carbons (Fsp3) is 0.625. The van der Waals surface area contributed by atoms with Crippen molar-refractivity contribution in [1.29, 1.82) is 0 Å². The first-order valence-electron chi connectivity index (χ1n) is 7.60. The van der Waals surface area contributed by atoms with Crippen LogP contribution in [0.1, 0.15) is 50.0 Å². The zero-order chi connectivity index (χ0) is 14.5. The molecule has 1 heterocycles. The van der Waals surface area contributed by atoms with Crippen molar-refractivity contribution in [2.45, 2.75) is 45.6 Å². The summed E-state index contributed by atoms with van der Waals surface area (Å²) in [4.78, 5) is 18.7. The van der Waals surface area contributed by atoms with E-state index in [1.54, 1.807) is 6.20 Å². The van der Waals surface area contributed by atoms with Gasteiger partial charge in [0.25, 0.3) is 5.91 Å². The van der Waals surface area contributed by atoms with E-state index in [9.17, 15) is 4.79 Å². The van der Waals surface area contributed by atoms with Gasteiger partial charge >= 0.3 is 0 Å². The van der Waals surface area contributed by atoms with Gasteiger partial charge in [0.15, 0.2) is 0 Å². The first-order valence-corrected chi connectivity index (χ1v) is 7.60. The molecule has 1 saturated carbocycles. The van der Waals surface area contributed by atoms with Gasteiger partial charge in [-0.15, -0.1) is 0 Å². The second-order valence-electron chi connectivity index (χ2n) is 5.71. The summed E-state index contributed by atoms with van der Waals surface area (Å²) >= 11 is 0.